The Morgan fingerprint density at radius 1 is 1.10 bits per heavy atom. The number of nitrogens with one attached hydrogen (secondary N) is 1. The summed E-state index contributed by atoms with van der Waals surface area (Å²) in [6, 6.07) is 14.9. The van der Waals surface area contributed by atoms with Gasteiger partial charge < -0.3 is 10.4 Å². The van der Waals surface area contributed by atoms with Crippen molar-refractivity contribution in [1.29, 1.82) is 0 Å². The van der Waals surface area contributed by atoms with Crippen molar-refractivity contribution in [2.24, 2.45) is 5.41 Å². The molecule has 1 aromatic carbocycles. The van der Waals surface area contributed by atoms with Crippen molar-refractivity contribution in [2.45, 2.75) is 25.8 Å². The van der Waals surface area contributed by atoms with E-state index < -0.39 is 0 Å². The van der Waals surface area contributed by atoms with Gasteiger partial charge >= 0.3 is 0 Å². The third kappa shape index (κ3) is 3.29. The van der Waals surface area contributed by atoms with Crippen molar-refractivity contribution in [3.8, 4) is 10.4 Å². The van der Waals surface area contributed by atoms with Gasteiger partial charge in [0, 0.05) is 29.5 Å². The van der Waals surface area contributed by atoms with Crippen molar-refractivity contribution >= 4 is 11.3 Å². The van der Waals surface area contributed by atoms with E-state index in [0.717, 1.165) is 19.5 Å². The molecule has 0 unspecified atom stereocenters. The first-order chi connectivity index (χ1) is 9.81. The summed E-state index contributed by atoms with van der Waals surface area (Å²) >= 11 is 1.86. The Morgan fingerprint density at radius 3 is 2.60 bits per heavy atom. The van der Waals surface area contributed by atoms with E-state index >= 15 is 0 Å². The van der Waals surface area contributed by atoms with Gasteiger partial charge in [-0.05, 0) is 42.4 Å². The molecule has 0 aliphatic heterocycles. The highest BCUT2D eigenvalue weighted by Crippen LogP contribution is 2.47. The molecule has 20 heavy (non-hydrogen) atoms. The molecule has 1 aromatic heterocycles. The van der Waals surface area contributed by atoms with Crippen LogP contribution >= 0.6 is 11.3 Å². The average Bonchev–Trinajstić information content (AvgIpc) is 3.07. The molecular formula is C17H21NOS. The summed E-state index contributed by atoms with van der Waals surface area (Å²) in [4.78, 5) is 2.71. The zero-order chi connectivity index (χ0) is 13.8. The van der Waals surface area contributed by atoms with E-state index in [1.807, 2.05) is 11.3 Å². The molecule has 1 aliphatic carbocycles. The van der Waals surface area contributed by atoms with E-state index in [1.165, 1.54) is 28.2 Å². The average molecular weight is 287 g/mol. The molecule has 2 N–H and O–H groups in total. The van der Waals surface area contributed by atoms with E-state index in [-0.39, 0.29) is 0 Å². The molecule has 3 rings (SSSR count). The molecule has 3 heteroatoms. The van der Waals surface area contributed by atoms with Gasteiger partial charge in [-0.15, -0.1) is 11.3 Å². The lowest BCUT2D eigenvalue weighted by molar-refractivity contribution is 0.245. The maximum absolute atomic E-state index is 9.06. The monoisotopic (exact) mass is 287 g/mol. The van der Waals surface area contributed by atoms with Gasteiger partial charge in [0.05, 0.1) is 0 Å². The number of rotatable bonds is 7. The first-order valence-corrected chi connectivity index (χ1v) is 8.09. The summed E-state index contributed by atoms with van der Waals surface area (Å²) in [6.07, 6.45) is 3.47. The van der Waals surface area contributed by atoms with Gasteiger partial charge in [0.15, 0.2) is 0 Å². The first-order valence-electron chi connectivity index (χ1n) is 7.27. The highest BCUT2D eigenvalue weighted by molar-refractivity contribution is 7.15. The van der Waals surface area contributed by atoms with Gasteiger partial charge in [0.25, 0.3) is 0 Å². The maximum Gasteiger partial charge on any atom is 0.0436 e. The number of hydrogen-bond acceptors (Lipinski definition) is 3. The summed E-state index contributed by atoms with van der Waals surface area (Å²) in [5.74, 6) is 0. The molecule has 2 aromatic rings. The van der Waals surface area contributed by atoms with Gasteiger partial charge in [0.2, 0.25) is 0 Å². The zero-order valence-corrected chi connectivity index (χ0v) is 12.5. The largest absolute Gasteiger partial charge is 0.396 e. The molecule has 1 fully saturated rings. The molecule has 0 saturated heterocycles. The number of thiophene rings is 1. The summed E-state index contributed by atoms with van der Waals surface area (Å²) < 4.78 is 0. The van der Waals surface area contributed by atoms with Crippen LogP contribution in [0.25, 0.3) is 10.4 Å². The third-order valence-corrected chi connectivity index (χ3v) is 5.25. The van der Waals surface area contributed by atoms with Gasteiger partial charge in [0.1, 0.15) is 0 Å². The molecule has 0 amide bonds. The lowest BCUT2D eigenvalue weighted by Gasteiger charge is -2.13. The van der Waals surface area contributed by atoms with Crippen molar-refractivity contribution < 1.29 is 5.11 Å². The summed E-state index contributed by atoms with van der Waals surface area (Å²) in [6.45, 7) is 2.29. The van der Waals surface area contributed by atoms with Gasteiger partial charge in [-0.1, -0.05) is 30.3 Å². The Bertz CT molecular complexity index is 545. The predicted octanol–water partition coefficient (Wildman–Crippen LogP) is 3.67. The predicted molar refractivity (Wildman–Crippen MR) is 84.8 cm³/mol. The standard InChI is InChI=1S/C17H21NOS/c19-11-10-17(8-9-17)13-18-12-15-6-7-16(20-15)14-4-2-1-3-5-14/h1-7,18-19H,8-13H2. The highest BCUT2D eigenvalue weighted by atomic mass is 32.1. The molecule has 0 spiro atoms. The summed E-state index contributed by atoms with van der Waals surface area (Å²) in [7, 11) is 0. The fourth-order valence-electron chi connectivity index (χ4n) is 2.61. The van der Waals surface area contributed by atoms with Crippen LogP contribution < -0.4 is 5.32 Å². The SMILES string of the molecule is OCCC1(CNCc2ccc(-c3ccccc3)s2)CC1. The van der Waals surface area contributed by atoms with E-state index in [0.29, 0.717) is 12.0 Å². The van der Waals surface area contributed by atoms with Crippen LogP contribution in [-0.2, 0) is 6.54 Å². The summed E-state index contributed by atoms with van der Waals surface area (Å²) in [5.41, 5.74) is 1.69. The number of benzene rings is 1. The zero-order valence-electron chi connectivity index (χ0n) is 11.6. The Morgan fingerprint density at radius 2 is 1.90 bits per heavy atom. The number of aliphatic hydroxyl groups excluding tert-OH is 1. The van der Waals surface area contributed by atoms with E-state index in [2.05, 4.69) is 47.8 Å². The van der Waals surface area contributed by atoms with E-state index in [1.54, 1.807) is 0 Å². The molecule has 1 heterocycles. The second kappa shape index (κ2) is 6.08. The van der Waals surface area contributed by atoms with Crippen LogP contribution in [0.5, 0.6) is 0 Å². The van der Waals surface area contributed by atoms with Crippen LogP contribution in [0.1, 0.15) is 24.1 Å². The van der Waals surface area contributed by atoms with E-state index in [9.17, 15) is 0 Å². The molecule has 0 bridgehead atoms. The van der Waals surface area contributed by atoms with Gasteiger partial charge in [-0.2, -0.15) is 0 Å². The Hall–Kier alpha value is -1.16. The van der Waals surface area contributed by atoms with Crippen LogP contribution in [0.3, 0.4) is 0 Å². The molecule has 2 nitrogen and oxygen atoms in total. The van der Waals surface area contributed by atoms with Crippen LogP contribution in [-0.4, -0.2) is 18.3 Å². The van der Waals surface area contributed by atoms with Crippen molar-refractivity contribution in [2.75, 3.05) is 13.2 Å². The number of aliphatic hydroxyl groups is 1. The van der Waals surface area contributed by atoms with Crippen molar-refractivity contribution in [1.82, 2.24) is 5.32 Å². The lowest BCUT2D eigenvalue weighted by atomic mass is 10.0. The maximum atomic E-state index is 9.06. The summed E-state index contributed by atoms with van der Waals surface area (Å²) in [5, 5.41) is 12.6. The molecule has 1 saturated carbocycles. The van der Waals surface area contributed by atoms with E-state index in [4.69, 9.17) is 5.11 Å². The van der Waals surface area contributed by atoms with Crippen molar-refractivity contribution in [3.63, 3.8) is 0 Å². The molecule has 0 atom stereocenters. The first kappa shape index (κ1) is 13.8. The number of hydrogen-bond donors (Lipinski definition) is 2. The second-order valence-corrected chi connectivity index (χ2v) is 6.88. The lowest BCUT2D eigenvalue weighted by Crippen LogP contribution is -2.24. The van der Waals surface area contributed by atoms with Gasteiger partial charge in [-0.3, -0.25) is 0 Å². The van der Waals surface area contributed by atoms with Crippen LogP contribution in [0, 0.1) is 5.41 Å². The second-order valence-electron chi connectivity index (χ2n) is 5.71. The van der Waals surface area contributed by atoms with Crippen LogP contribution in [0.2, 0.25) is 0 Å². The van der Waals surface area contributed by atoms with Gasteiger partial charge in [-0.25, -0.2) is 0 Å². The minimum Gasteiger partial charge on any atom is -0.396 e. The highest BCUT2D eigenvalue weighted by Gasteiger charge is 2.41. The molecule has 0 radical (unpaired) electrons. The smallest absolute Gasteiger partial charge is 0.0436 e. The minimum atomic E-state index is 0.318. The molecule has 106 valence electrons. The Labute approximate surface area is 124 Å². The Kier molecular flexibility index (Phi) is 4.20. The normalized spacial score (nSPS) is 16.2. The van der Waals surface area contributed by atoms with Crippen LogP contribution in [0.4, 0.5) is 0 Å². The Balaban J connectivity index is 1.53. The fourth-order valence-corrected chi connectivity index (χ4v) is 3.59. The minimum absolute atomic E-state index is 0.318. The topological polar surface area (TPSA) is 32.3 Å². The quantitative estimate of drug-likeness (QED) is 0.814. The molecule has 1 aliphatic rings. The third-order valence-electron chi connectivity index (χ3n) is 4.12. The molecular weight excluding hydrogens is 266 g/mol. The van der Waals surface area contributed by atoms with Crippen LogP contribution in [0.15, 0.2) is 42.5 Å². The fraction of sp³-hybridized carbons (Fsp3) is 0.412. The van der Waals surface area contributed by atoms with Crippen molar-refractivity contribution in [3.05, 3.63) is 47.3 Å².